The van der Waals surface area contributed by atoms with Crippen LogP contribution in [0, 0.1) is 11.7 Å². The van der Waals surface area contributed by atoms with Crippen LogP contribution in [0.25, 0.3) is 0 Å². The number of hydrogen-bond acceptors (Lipinski definition) is 5. The summed E-state index contributed by atoms with van der Waals surface area (Å²) in [6.45, 7) is 7.53. The summed E-state index contributed by atoms with van der Waals surface area (Å²) in [5.41, 5.74) is -1.82. The van der Waals surface area contributed by atoms with E-state index in [-0.39, 0.29) is 16.1 Å². The molecule has 1 N–H and O–H groups in total. The van der Waals surface area contributed by atoms with Crippen LogP contribution in [0.15, 0.2) is 12.1 Å². The van der Waals surface area contributed by atoms with E-state index in [0.29, 0.717) is 0 Å². The lowest BCUT2D eigenvalue weighted by molar-refractivity contribution is -0.155. The second kappa shape index (κ2) is 7.03. The third-order valence-corrected chi connectivity index (χ3v) is 4.52. The monoisotopic (exact) mass is 397 g/mol. The first-order valence-electron chi connectivity index (χ1n) is 8.33. The summed E-state index contributed by atoms with van der Waals surface area (Å²) in [5, 5.41) is 1.99. The van der Waals surface area contributed by atoms with E-state index in [1.165, 1.54) is 13.8 Å². The number of Topliss-reactive ketones (excluding diaryl/α,β-unsaturated/α-hetero) is 2. The van der Waals surface area contributed by atoms with Gasteiger partial charge in [-0.05, 0) is 52.3 Å². The molecule has 0 fully saturated rings. The molecular formula is C19H21ClFNO5. The Morgan fingerprint density at radius 1 is 1.26 bits per heavy atom. The molecule has 1 aromatic carbocycles. The first kappa shape index (κ1) is 21.0. The van der Waals surface area contributed by atoms with Crippen molar-refractivity contribution in [2.24, 2.45) is 5.92 Å². The van der Waals surface area contributed by atoms with Gasteiger partial charge in [0.15, 0.2) is 17.5 Å². The normalized spacial score (nSPS) is 18.7. The van der Waals surface area contributed by atoms with Gasteiger partial charge < -0.3 is 10.1 Å². The van der Waals surface area contributed by atoms with Gasteiger partial charge in [-0.1, -0.05) is 11.6 Å². The summed E-state index contributed by atoms with van der Waals surface area (Å²) in [7, 11) is 0. The van der Waals surface area contributed by atoms with E-state index in [2.05, 4.69) is 5.32 Å². The Balaban J connectivity index is 2.29. The molecule has 2 rings (SSSR count). The zero-order valence-corrected chi connectivity index (χ0v) is 16.5. The minimum absolute atomic E-state index is 0.0171. The number of fused-ring (bicyclic) bond motifs is 1. The Labute approximate surface area is 161 Å². The molecule has 8 heteroatoms. The maximum absolute atomic E-state index is 13.8. The molecule has 0 saturated heterocycles. The Kier molecular flexibility index (Phi) is 5.48. The maximum atomic E-state index is 13.8. The third kappa shape index (κ3) is 4.18. The van der Waals surface area contributed by atoms with Gasteiger partial charge in [0, 0.05) is 5.56 Å². The molecule has 27 heavy (non-hydrogen) atoms. The molecule has 1 atom stereocenters. The molecule has 0 aliphatic heterocycles. The average molecular weight is 398 g/mol. The van der Waals surface area contributed by atoms with Gasteiger partial charge in [0.25, 0.3) is 0 Å². The molecular weight excluding hydrogens is 377 g/mol. The fourth-order valence-electron chi connectivity index (χ4n) is 2.91. The number of rotatable bonds is 3. The van der Waals surface area contributed by atoms with Crippen LogP contribution in [0.3, 0.4) is 0 Å². The quantitative estimate of drug-likeness (QED) is 0.625. The van der Waals surface area contributed by atoms with Crippen molar-refractivity contribution in [2.45, 2.75) is 45.6 Å². The van der Waals surface area contributed by atoms with Crippen LogP contribution < -0.4 is 5.32 Å². The Morgan fingerprint density at radius 3 is 2.41 bits per heavy atom. The van der Waals surface area contributed by atoms with Crippen LogP contribution in [0.1, 0.15) is 50.5 Å². The lowest BCUT2D eigenvalue weighted by Crippen LogP contribution is -2.51. The number of benzene rings is 1. The van der Waals surface area contributed by atoms with E-state index in [1.807, 2.05) is 0 Å². The SMILES string of the molecule is CC(C)(C)OC(=O)CNC(=O)C1C(=O)c2cc(Cl)c(F)cc2C(C)(C)C1=O. The first-order valence-corrected chi connectivity index (χ1v) is 8.71. The van der Waals surface area contributed by atoms with Crippen molar-refractivity contribution in [1.82, 2.24) is 5.32 Å². The predicted octanol–water partition coefficient (Wildman–Crippen LogP) is 2.60. The third-order valence-electron chi connectivity index (χ3n) is 4.23. The number of hydrogen-bond donors (Lipinski definition) is 1. The highest BCUT2D eigenvalue weighted by Gasteiger charge is 2.49. The number of carbonyl (C=O) groups excluding carboxylic acids is 4. The van der Waals surface area contributed by atoms with E-state index < -0.39 is 52.7 Å². The van der Waals surface area contributed by atoms with Crippen molar-refractivity contribution in [1.29, 1.82) is 0 Å². The number of halogens is 2. The summed E-state index contributed by atoms with van der Waals surface area (Å²) in [6, 6.07) is 2.17. The number of ketones is 2. The van der Waals surface area contributed by atoms with Crippen LogP contribution in [0.4, 0.5) is 4.39 Å². The standard InChI is InChI=1S/C19H21ClFNO5/c1-18(2,3)27-13(23)8-22-17(26)14-15(24)9-6-11(20)12(21)7-10(9)19(4,5)16(14)25/h6-7,14H,8H2,1-5H3,(H,22,26). The van der Waals surface area contributed by atoms with Gasteiger partial charge in [-0.2, -0.15) is 0 Å². The Bertz CT molecular complexity index is 841. The van der Waals surface area contributed by atoms with Crippen molar-refractivity contribution < 1.29 is 28.3 Å². The summed E-state index contributed by atoms with van der Waals surface area (Å²) in [6.07, 6.45) is 0. The van der Waals surface area contributed by atoms with Crippen LogP contribution in [-0.2, 0) is 24.5 Å². The zero-order chi connectivity index (χ0) is 20.7. The number of ether oxygens (including phenoxy) is 1. The Morgan fingerprint density at radius 2 is 1.85 bits per heavy atom. The van der Waals surface area contributed by atoms with Gasteiger partial charge in [0.1, 0.15) is 18.0 Å². The molecule has 0 saturated carbocycles. The molecule has 0 aromatic heterocycles. The second-order valence-electron chi connectivity index (χ2n) is 7.90. The zero-order valence-electron chi connectivity index (χ0n) is 15.7. The van der Waals surface area contributed by atoms with Gasteiger partial charge in [0.05, 0.1) is 10.4 Å². The summed E-state index contributed by atoms with van der Waals surface area (Å²) in [5.74, 6) is -5.46. The van der Waals surface area contributed by atoms with Crippen molar-refractivity contribution in [3.05, 3.63) is 34.1 Å². The van der Waals surface area contributed by atoms with Gasteiger partial charge in [-0.15, -0.1) is 0 Å². The van der Waals surface area contributed by atoms with Crippen LogP contribution in [-0.4, -0.2) is 35.6 Å². The van der Waals surface area contributed by atoms with E-state index in [9.17, 15) is 23.6 Å². The van der Waals surface area contributed by atoms with Crippen molar-refractivity contribution >= 4 is 35.0 Å². The molecule has 0 bridgehead atoms. The minimum Gasteiger partial charge on any atom is -0.459 e. The molecule has 1 aromatic rings. The molecule has 0 spiro atoms. The number of nitrogens with one attached hydrogen (secondary N) is 1. The maximum Gasteiger partial charge on any atom is 0.325 e. The minimum atomic E-state index is -1.64. The van der Waals surface area contributed by atoms with Crippen LogP contribution in [0.2, 0.25) is 5.02 Å². The smallest absolute Gasteiger partial charge is 0.325 e. The van der Waals surface area contributed by atoms with Crippen LogP contribution in [0.5, 0.6) is 0 Å². The largest absolute Gasteiger partial charge is 0.459 e. The highest BCUT2D eigenvalue weighted by Crippen LogP contribution is 2.39. The van der Waals surface area contributed by atoms with Crippen molar-refractivity contribution in [2.75, 3.05) is 6.54 Å². The number of amides is 1. The number of esters is 1. The molecule has 1 unspecified atom stereocenters. The summed E-state index contributed by atoms with van der Waals surface area (Å²) in [4.78, 5) is 49.7. The predicted molar refractivity (Wildman–Crippen MR) is 96.1 cm³/mol. The fraction of sp³-hybridized carbons (Fsp3) is 0.474. The van der Waals surface area contributed by atoms with E-state index >= 15 is 0 Å². The highest BCUT2D eigenvalue weighted by atomic mass is 35.5. The average Bonchev–Trinajstić information content (AvgIpc) is 2.52. The van der Waals surface area contributed by atoms with Gasteiger partial charge >= 0.3 is 5.97 Å². The van der Waals surface area contributed by atoms with E-state index in [1.54, 1.807) is 20.8 Å². The number of carbonyl (C=O) groups is 4. The molecule has 146 valence electrons. The molecule has 1 aliphatic carbocycles. The van der Waals surface area contributed by atoms with Crippen molar-refractivity contribution in [3.63, 3.8) is 0 Å². The van der Waals surface area contributed by atoms with Gasteiger partial charge in [-0.25, -0.2) is 4.39 Å². The Hall–Kier alpha value is -2.28. The molecule has 0 heterocycles. The summed E-state index contributed by atoms with van der Waals surface area (Å²) < 4.78 is 18.9. The lowest BCUT2D eigenvalue weighted by Gasteiger charge is -2.34. The van der Waals surface area contributed by atoms with E-state index in [0.717, 1.165) is 12.1 Å². The van der Waals surface area contributed by atoms with Crippen molar-refractivity contribution in [3.8, 4) is 0 Å². The molecule has 0 radical (unpaired) electrons. The van der Waals surface area contributed by atoms with E-state index in [4.69, 9.17) is 16.3 Å². The topological polar surface area (TPSA) is 89.5 Å². The summed E-state index contributed by atoms with van der Waals surface area (Å²) >= 11 is 5.76. The molecule has 1 aliphatic rings. The fourth-order valence-corrected chi connectivity index (χ4v) is 3.08. The molecule has 1 amide bonds. The van der Waals surface area contributed by atoms with Gasteiger partial charge in [-0.3, -0.25) is 19.2 Å². The first-order chi connectivity index (χ1) is 12.3. The van der Waals surface area contributed by atoms with Crippen LogP contribution >= 0.6 is 11.6 Å². The van der Waals surface area contributed by atoms with Gasteiger partial charge in [0.2, 0.25) is 5.91 Å². The highest BCUT2D eigenvalue weighted by molar-refractivity contribution is 6.33. The molecule has 6 nitrogen and oxygen atoms in total. The second-order valence-corrected chi connectivity index (χ2v) is 8.31. The lowest BCUT2D eigenvalue weighted by atomic mass is 9.66.